The molecule has 142 valence electrons. The van der Waals surface area contributed by atoms with Gasteiger partial charge in [0.1, 0.15) is 6.10 Å². The number of carbonyl (C=O) groups excluding carboxylic acids is 1. The third-order valence-corrected chi connectivity index (χ3v) is 5.82. The molecule has 0 aromatic heterocycles. The Bertz CT molecular complexity index is 760. The summed E-state index contributed by atoms with van der Waals surface area (Å²) < 4.78 is 7.03. The maximum Gasteiger partial charge on any atom is 0.410 e. The molecule has 3 rings (SSSR count). The van der Waals surface area contributed by atoms with Crippen molar-refractivity contribution in [3.8, 4) is 0 Å². The van der Waals surface area contributed by atoms with E-state index >= 15 is 0 Å². The smallest absolute Gasteiger partial charge is 0.410 e. The fourth-order valence-electron chi connectivity index (χ4n) is 3.60. The largest absolute Gasteiger partial charge is 0.441 e. The molecule has 0 radical (unpaired) electrons. The minimum absolute atomic E-state index is 0.0395. The number of hydrogen-bond acceptors (Lipinski definition) is 2. The number of amides is 1. The number of hydrogen-bond donors (Lipinski definition) is 0. The molecule has 2 aromatic rings. The fourth-order valence-corrected chi connectivity index (χ4v) is 3.87. The number of ether oxygens (including phenoxy) is 1. The van der Waals surface area contributed by atoms with Crippen molar-refractivity contribution in [1.82, 2.24) is 4.90 Å². The van der Waals surface area contributed by atoms with Crippen LogP contribution in [0, 0.1) is 5.92 Å². The van der Waals surface area contributed by atoms with Crippen LogP contribution in [0.5, 0.6) is 0 Å². The zero-order valence-electron chi connectivity index (χ0n) is 15.7. The molecular weight excluding hydrogens is 402 g/mol. The Hall–Kier alpha value is -2.07. The molecule has 3 atom stereocenters. The summed E-state index contributed by atoms with van der Waals surface area (Å²) in [4.78, 5) is 14.9. The van der Waals surface area contributed by atoms with Crippen LogP contribution in [-0.4, -0.2) is 17.5 Å². The zero-order chi connectivity index (χ0) is 19.2. The molecule has 27 heavy (non-hydrogen) atoms. The molecular formula is C23H26BrNO2. The summed E-state index contributed by atoms with van der Waals surface area (Å²) in [6.45, 7) is 6.73. The Labute approximate surface area is 170 Å². The van der Waals surface area contributed by atoms with Crippen LogP contribution in [-0.2, 0) is 4.74 Å². The number of nitrogens with zero attached hydrogens (tertiary/aromatic N) is 1. The molecule has 0 spiro atoms. The van der Waals surface area contributed by atoms with Gasteiger partial charge in [0.15, 0.2) is 0 Å². The molecule has 1 aliphatic rings. The molecule has 1 aliphatic heterocycles. The van der Waals surface area contributed by atoms with Gasteiger partial charge in [-0.1, -0.05) is 64.5 Å². The highest BCUT2D eigenvalue weighted by atomic mass is 79.9. The summed E-state index contributed by atoms with van der Waals surface area (Å²) in [5.74, 6) is 0.339. The van der Waals surface area contributed by atoms with Crippen LogP contribution in [0.15, 0.2) is 71.7 Å². The number of rotatable bonds is 4. The van der Waals surface area contributed by atoms with Gasteiger partial charge in [-0.2, -0.15) is 0 Å². The van der Waals surface area contributed by atoms with Gasteiger partial charge >= 0.3 is 6.09 Å². The maximum atomic E-state index is 13.0. The predicted molar refractivity (Wildman–Crippen MR) is 112 cm³/mol. The molecule has 0 N–H and O–H groups in total. The molecule has 1 unspecified atom stereocenters. The van der Waals surface area contributed by atoms with Crippen LogP contribution in [0.4, 0.5) is 4.79 Å². The lowest BCUT2D eigenvalue weighted by molar-refractivity contribution is 0.0494. The third kappa shape index (κ3) is 5.01. The zero-order valence-corrected chi connectivity index (χ0v) is 17.3. The first kappa shape index (κ1) is 19.7. The first-order valence-corrected chi connectivity index (χ1v) is 10.3. The molecule has 0 saturated carbocycles. The van der Waals surface area contributed by atoms with E-state index in [0.717, 1.165) is 34.9 Å². The van der Waals surface area contributed by atoms with Crippen molar-refractivity contribution in [2.24, 2.45) is 5.92 Å². The summed E-state index contributed by atoms with van der Waals surface area (Å²) in [5, 5.41) is 0. The summed E-state index contributed by atoms with van der Waals surface area (Å²) in [5.41, 5.74) is 2.14. The van der Waals surface area contributed by atoms with Gasteiger partial charge in [-0.05, 0) is 55.4 Å². The molecule has 0 aliphatic carbocycles. The number of cyclic esters (lactones) is 1. The van der Waals surface area contributed by atoms with E-state index < -0.39 is 0 Å². The van der Waals surface area contributed by atoms with Gasteiger partial charge in [0, 0.05) is 11.0 Å². The predicted octanol–water partition coefficient (Wildman–Crippen LogP) is 6.68. The number of carbonyl (C=O) groups is 1. The van der Waals surface area contributed by atoms with E-state index in [9.17, 15) is 4.79 Å². The first-order valence-electron chi connectivity index (χ1n) is 9.48. The first-order chi connectivity index (χ1) is 13.1. The number of halogens is 1. The normalized spacial score (nSPS) is 22.1. The minimum Gasteiger partial charge on any atom is -0.441 e. The monoisotopic (exact) mass is 427 g/mol. The lowest BCUT2D eigenvalue weighted by Crippen LogP contribution is -2.35. The van der Waals surface area contributed by atoms with Crippen molar-refractivity contribution in [1.29, 1.82) is 0 Å². The SMILES string of the molecule is C=C[C@@H]1CCCN([C@@H](C)c2ccc(Br)cc2)C(=O)OC(c2ccccc2)C1. The molecule has 1 saturated heterocycles. The van der Waals surface area contributed by atoms with Crippen molar-refractivity contribution < 1.29 is 9.53 Å². The van der Waals surface area contributed by atoms with Crippen molar-refractivity contribution in [3.63, 3.8) is 0 Å². The second-order valence-corrected chi connectivity index (χ2v) is 7.99. The molecule has 1 amide bonds. The topological polar surface area (TPSA) is 29.5 Å². The lowest BCUT2D eigenvalue weighted by atomic mass is 9.93. The van der Waals surface area contributed by atoms with Crippen molar-refractivity contribution in [2.75, 3.05) is 6.54 Å². The summed E-state index contributed by atoms with van der Waals surface area (Å²) in [6, 6.07) is 18.1. The Kier molecular flexibility index (Phi) is 6.73. The third-order valence-electron chi connectivity index (χ3n) is 5.29. The van der Waals surface area contributed by atoms with Crippen molar-refractivity contribution >= 4 is 22.0 Å². The van der Waals surface area contributed by atoms with Crippen LogP contribution < -0.4 is 0 Å². The van der Waals surface area contributed by atoms with Gasteiger partial charge in [-0.15, -0.1) is 6.58 Å². The summed E-state index contributed by atoms with van der Waals surface area (Å²) >= 11 is 3.47. The van der Waals surface area contributed by atoms with Crippen molar-refractivity contribution in [3.05, 3.63) is 82.9 Å². The van der Waals surface area contributed by atoms with Crippen LogP contribution in [0.3, 0.4) is 0 Å². The Morgan fingerprint density at radius 2 is 1.89 bits per heavy atom. The van der Waals surface area contributed by atoms with Gasteiger partial charge in [0.05, 0.1) is 6.04 Å². The van der Waals surface area contributed by atoms with E-state index in [0.29, 0.717) is 12.5 Å². The van der Waals surface area contributed by atoms with Gasteiger partial charge in [-0.25, -0.2) is 4.79 Å². The second-order valence-electron chi connectivity index (χ2n) is 7.08. The number of benzene rings is 2. The molecule has 0 bridgehead atoms. The van der Waals surface area contributed by atoms with E-state index in [2.05, 4.69) is 41.6 Å². The van der Waals surface area contributed by atoms with E-state index in [-0.39, 0.29) is 18.2 Å². The van der Waals surface area contributed by atoms with Gasteiger partial charge in [0.25, 0.3) is 0 Å². The van der Waals surface area contributed by atoms with Gasteiger partial charge < -0.3 is 9.64 Å². The van der Waals surface area contributed by atoms with Crippen LogP contribution >= 0.6 is 15.9 Å². The average Bonchev–Trinajstić information content (AvgIpc) is 2.77. The summed E-state index contributed by atoms with van der Waals surface area (Å²) in [7, 11) is 0. The Morgan fingerprint density at radius 3 is 2.56 bits per heavy atom. The highest BCUT2D eigenvalue weighted by Gasteiger charge is 2.29. The van der Waals surface area contributed by atoms with Crippen LogP contribution in [0.1, 0.15) is 49.5 Å². The molecule has 1 heterocycles. The van der Waals surface area contributed by atoms with E-state index in [1.54, 1.807) is 0 Å². The van der Waals surface area contributed by atoms with Crippen LogP contribution in [0.25, 0.3) is 0 Å². The fraction of sp³-hybridized carbons (Fsp3) is 0.348. The van der Waals surface area contributed by atoms with E-state index in [4.69, 9.17) is 4.74 Å². The average molecular weight is 428 g/mol. The Balaban J connectivity index is 1.85. The van der Waals surface area contributed by atoms with E-state index in [1.165, 1.54) is 0 Å². The van der Waals surface area contributed by atoms with E-state index in [1.807, 2.05) is 53.4 Å². The second kappa shape index (κ2) is 9.23. The molecule has 1 fully saturated rings. The molecule has 3 nitrogen and oxygen atoms in total. The minimum atomic E-state index is -0.251. The number of allylic oxidation sites excluding steroid dienone is 1. The standard InChI is InChI=1S/C23H26BrNO2/c1-3-18-8-7-15-25(17(2)19-11-13-21(24)14-12-19)23(26)27-22(16-18)20-9-5-4-6-10-20/h3-6,9-14,17-18,22H,1,7-8,15-16H2,2H3/t17-,18+,22?/m0/s1. The van der Waals surface area contributed by atoms with Crippen molar-refractivity contribution in [2.45, 2.75) is 38.3 Å². The highest BCUT2D eigenvalue weighted by Crippen LogP contribution is 2.32. The van der Waals surface area contributed by atoms with Crippen LogP contribution in [0.2, 0.25) is 0 Å². The summed E-state index contributed by atoms with van der Waals surface area (Å²) in [6.07, 6.45) is 4.22. The quantitative estimate of drug-likeness (QED) is 0.509. The Morgan fingerprint density at radius 1 is 1.19 bits per heavy atom. The lowest BCUT2D eigenvalue weighted by Gasteiger charge is -2.30. The maximum absolute atomic E-state index is 13.0. The van der Waals surface area contributed by atoms with Gasteiger partial charge in [-0.3, -0.25) is 0 Å². The molecule has 4 heteroatoms. The van der Waals surface area contributed by atoms with Gasteiger partial charge in [0.2, 0.25) is 0 Å². The molecule has 2 aromatic carbocycles. The highest BCUT2D eigenvalue weighted by molar-refractivity contribution is 9.10.